The Balaban J connectivity index is 2.07. The molecule has 2 heterocycles. The van der Waals surface area contributed by atoms with Crippen molar-refractivity contribution < 1.29 is 4.79 Å². The van der Waals surface area contributed by atoms with Gasteiger partial charge in [0.15, 0.2) is 0 Å². The second-order valence-electron chi connectivity index (χ2n) is 4.46. The summed E-state index contributed by atoms with van der Waals surface area (Å²) in [6.07, 6.45) is 10.6. The highest BCUT2D eigenvalue weighted by Gasteiger charge is 2.42. The zero-order valence-corrected chi connectivity index (χ0v) is 10.3. The number of hydrogen-bond donors (Lipinski definition) is 0. The Morgan fingerprint density at radius 3 is 2.40 bits per heavy atom. The molecule has 0 spiro atoms. The van der Waals surface area contributed by atoms with Crippen LogP contribution in [0, 0.1) is 0 Å². The molecule has 2 fully saturated rings. The fraction of sp³-hybridized carbons (Fsp3) is 0.750. The molecule has 3 heteroatoms. The van der Waals surface area contributed by atoms with Crippen LogP contribution in [0.15, 0.2) is 12.2 Å². The standard InChI is InChI=1S/C12H19NOS/c1-3-4-12(14)13-9-5-6-10(13)8-11(7-9)15-2/h3-4,9-11H,5-8H2,1-2H3. The number of allylic oxidation sites excluding steroid dienone is 1. The van der Waals surface area contributed by atoms with Gasteiger partial charge in [0, 0.05) is 17.3 Å². The maximum absolute atomic E-state index is 11.9. The summed E-state index contributed by atoms with van der Waals surface area (Å²) in [5.41, 5.74) is 0. The minimum Gasteiger partial charge on any atom is -0.333 e. The molecule has 2 unspecified atom stereocenters. The largest absolute Gasteiger partial charge is 0.333 e. The molecule has 0 aromatic heterocycles. The van der Waals surface area contributed by atoms with E-state index in [0.29, 0.717) is 12.1 Å². The van der Waals surface area contributed by atoms with Crippen LogP contribution in [-0.2, 0) is 4.79 Å². The lowest BCUT2D eigenvalue weighted by Gasteiger charge is -2.37. The summed E-state index contributed by atoms with van der Waals surface area (Å²) >= 11 is 1.96. The van der Waals surface area contributed by atoms with Gasteiger partial charge in [0.2, 0.25) is 5.91 Å². The number of fused-ring (bicyclic) bond motifs is 2. The molecule has 2 rings (SSSR count). The van der Waals surface area contributed by atoms with Crippen LogP contribution in [-0.4, -0.2) is 34.4 Å². The van der Waals surface area contributed by atoms with Gasteiger partial charge < -0.3 is 4.90 Å². The van der Waals surface area contributed by atoms with Gasteiger partial charge in [-0.2, -0.15) is 11.8 Å². The van der Waals surface area contributed by atoms with Crippen molar-refractivity contribution in [2.75, 3.05) is 6.26 Å². The van der Waals surface area contributed by atoms with Crippen molar-refractivity contribution in [1.29, 1.82) is 0 Å². The predicted molar refractivity (Wildman–Crippen MR) is 65.0 cm³/mol. The molecular formula is C12H19NOS. The Hall–Kier alpha value is -0.440. The maximum atomic E-state index is 11.9. The van der Waals surface area contributed by atoms with Gasteiger partial charge in [0.05, 0.1) is 0 Å². The van der Waals surface area contributed by atoms with E-state index in [-0.39, 0.29) is 5.91 Å². The summed E-state index contributed by atoms with van der Waals surface area (Å²) in [7, 11) is 0. The van der Waals surface area contributed by atoms with Crippen LogP contribution >= 0.6 is 11.8 Å². The molecule has 0 saturated carbocycles. The van der Waals surface area contributed by atoms with Crippen molar-refractivity contribution in [3.63, 3.8) is 0 Å². The summed E-state index contributed by atoms with van der Waals surface area (Å²) in [6.45, 7) is 1.91. The molecule has 2 aliphatic rings. The number of hydrogen-bond acceptors (Lipinski definition) is 2. The molecule has 0 aromatic rings. The molecule has 0 radical (unpaired) electrons. The topological polar surface area (TPSA) is 20.3 Å². The smallest absolute Gasteiger partial charge is 0.246 e. The zero-order valence-electron chi connectivity index (χ0n) is 9.48. The molecule has 0 aliphatic carbocycles. The predicted octanol–water partition coefficient (Wildman–Crippen LogP) is 2.45. The summed E-state index contributed by atoms with van der Waals surface area (Å²) in [5.74, 6) is 0.226. The molecule has 1 amide bonds. The van der Waals surface area contributed by atoms with Gasteiger partial charge in [-0.15, -0.1) is 0 Å². The van der Waals surface area contributed by atoms with E-state index in [1.807, 2.05) is 24.8 Å². The molecule has 2 aliphatic heterocycles. The summed E-state index contributed by atoms with van der Waals surface area (Å²) < 4.78 is 0. The lowest BCUT2D eigenvalue weighted by atomic mass is 10.0. The van der Waals surface area contributed by atoms with E-state index in [1.54, 1.807) is 6.08 Å². The molecule has 15 heavy (non-hydrogen) atoms. The van der Waals surface area contributed by atoms with Crippen molar-refractivity contribution >= 4 is 17.7 Å². The van der Waals surface area contributed by atoms with Crippen molar-refractivity contribution in [3.8, 4) is 0 Å². The van der Waals surface area contributed by atoms with Gasteiger partial charge in [-0.05, 0) is 44.9 Å². The van der Waals surface area contributed by atoms with Crippen LogP contribution in [0.1, 0.15) is 32.6 Å². The highest BCUT2D eigenvalue weighted by Crippen LogP contribution is 2.39. The second kappa shape index (κ2) is 4.60. The van der Waals surface area contributed by atoms with Gasteiger partial charge in [-0.25, -0.2) is 0 Å². The van der Waals surface area contributed by atoms with Crippen LogP contribution in [0.25, 0.3) is 0 Å². The number of piperidine rings is 1. The summed E-state index contributed by atoms with van der Waals surface area (Å²) in [4.78, 5) is 14.0. The number of rotatable bonds is 2. The first-order chi connectivity index (χ1) is 7.26. The minimum absolute atomic E-state index is 0.226. The van der Waals surface area contributed by atoms with Crippen LogP contribution < -0.4 is 0 Å². The van der Waals surface area contributed by atoms with Crippen LogP contribution in [0.3, 0.4) is 0 Å². The number of carbonyl (C=O) groups excluding carboxylic acids is 1. The Kier molecular flexibility index (Phi) is 3.39. The fourth-order valence-corrected chi connectivity index (χ4v) is 3.74. The van der Waals surface area contributed by atoms with Gasteiger partial charge in [-0.1, -0.05) is 6.08 Å². The number of carbonyl (C=O) groups is 1. The average Bonchev–Trinajstić information content (AvgIpc) is 2.50. The molecule has 2 saturated heterocycles. The van der Waals surface area contributed by atoms with Gasteiger partial charge in [0.1, 0.15) is 0 Å². The normalized spacial score (nSPS) is 35.1. The van der Waals surface area contributed by atoms with Crippen LogP contribution in [0.4, 0.5) is 0 Å². The van der Waals surface area contributed by atoms with Crippen molar-refractivity contribution in [2.24, 2.45) is 0 Å². The molecule has 2 nitrogen and oxygen atoms in total. The van der Waals surface area contributed by atoms with Gasteiger partial charge in [-0.3, -0.25) is 4.79 Å². The third kappa shape index (κ3) is 2.07. The number of thioether (sulfide) groups is 1. The monoisotopic (exact) mass is 225 g/mol. The van der Waals surface area contributed by atoms with E-state index in [1.165, 1.54) is 25.7 Å². The minimum atomic E-state index is 0.226. The molecule has 0 N–H and O–H groups in total. The zero-order chi connectivity index (χ0) is 10.8. The molecule has 0 aromatic carbocycles. The Morgan fingerprint density at radius 2 is 1.93 bits per heavy atom. The third-order valence-electron chi connectivity index (χ3n) is 3.59. The average molecular weight is 225 g/mol. The molecular weight excluding hydrogens is 206 g/mol. The van der Waals surface area contributed by atoms with E-state index >= 15 is 0 Å². The Morgan fingerprint density at radius 1 is 1.33 bits per heavy atom. The summed E-state index contributed by atoms with van der Waals surface area (Å²) in [6, 6.07) is 1.04. The van der Waals surface area contributed by atoms with Crippen molar-refractivity contribution in [1.82, 2.24) is 4.90 Å². The number of nitrogens with zero attached hydrogens (tertiary/aromatic N) is 1. The number of amides is 1. The van der Waals surface area contributed by atoms with Crippen molar-refractivity contribution in [3.05, 3.63) is 12.2 Å². The van der Waals surface area contributed by atoms with Gasteiger partial charge in [0.25, 0.3) is 0 Å². The van der Waals surface area contributed by atoms with E-state index in [4.69, 9.17) is 0 Å². The lowest BCUT2D eigenvalue weighted by Crippen LogP contribution is -2.46. The van der Waals surface area contributed by atoms with E-state index < -0.39 is 0 Å². The van der Waals surface area contributed by atoms with Crippen molar-refractivity contribution in [2.45, 2.75) is 49.9 Å². The van der Waals surface area contributed by atoms with E-state index in [2.05, 4.69) is 11.2 Å². The van der Waals surface area contributed by atoms with E-state index in [9.17, 15) is 4.79 Å². The Labute approximate surface area is 96.1 Å². The lowest BCUT2D eigenvalue weighted by molar-refractivity contribution is -0.130. The molecule has 2 atom stereocenters. The Bertz CT molecular complexity index is 263. The third-order valence-corrected chi connectivity index (χ3v) is 4.64. The maximum Gasteiger partial charge on any atom is 0.246 e. The fourth-order valence-electron chi connectivity index (χ4n) is 2.91. The molecule has 84 valence electrons. The highest BCUT2D eigenvalue weighted by molar-refractivity contribution is 7.99. The van der Waals surface area contributed by atoms with Gasteiger partial charge >= 0.3 is 0 Å². The quantitative estimate of drug-likeness (QED) is 0.673. The van der Waals surface area contributed by atoms with E-state index in [0.717, 1.165) is 5.25 Å². The molecule has 2 bridgehead atoms. The first-order valence-electron chi connectivity index (χ1n) is 5.74. The van der Waals surface area contributed by atoms with Crippen LogP contribution in [0.2, 0.25) is 0 Å². The first kappa shape index (κ1) is 11.1. The van der Waals surface area contributed by atoms with Crippen LogP contribution in [0.5, 0.6) is 0 Å². The first-order valence-corrected chi connectivity index (χ1v) is 7.02. The summed E-state index contributed by atoms with van der Waals surface area (Å²) in [5, 5.41) is 0.775. The highest BCUT2D eigenvalue weighted by atomic mass is 32.2. The SMILES string of the molecule is CC=CC(=O)N1C2CCC1CC(SC)C2. The second-order valence-corrected chi connectivity index (χ2v) is 5.60.